The smallest absolute Gasteiger partial charge is 0.253 e. The van der Waals surface area contributed by atoms with Gasteiger partial charge in [0, 0.05) is 44.3 Å². The first-order valence-corrected chi connectivity index (χ1v) is 9.98. The number of hydrogen-bond donors (Lipinski definition) is 2. The molecule has 0 aliphatic carbocycles. The molecule has 2 amide bonds. The van der Waals surface area contributed by atoms with Crippen molar-refractivity contribution in [3.8, 4) is 0 Å². The van der Waals surface area contributed by atoms with E-state index in [1.54, 1.807) is 0 Å². The third-order valence-corrected chi connectivity index (χ3v) is 5.84. The fourth-order valence-corrected chi connectivity index (χ4v) is 3.95. The molecule has 0 spiro atoms. The van der Waals surface area contributed by atoms with E-state index in [0.717, 1.165) is 56.6 Å². The number of nitrogens with two attached hydrogens (primary N) is 1. The lowest BCUT2D eigenvalue weighted by molar-refractivity contribution is -0.123. The molecule has 7 heteroatoms. The molecule has 1 atom stereocenters. The lowest BCUT2D eigenvalue weighted by atomic mass is 9.80. The van der Waals surface area contributed by atoms with Crippen LogP contribution in [0.2, 0.25) is 0 Å². The second-order valence-corrected chi connectivity index (χ2v) is 8.57. The lowest BCUT2D eigenvalue weighted by Crippen LogP contribution is -2.54. The molecule has 156 valence electrons. The van der Waals surface area contributed by atoms with Crippen LogP contribution in [0.15, 0.2) is 24.3 Å². The number of carbonyl (C=O) groups excluding carboxylic acids is 2. The molecule has 2 heterocycles. The molecule has 6 nitrogen and oxygen atoms in total. The molecule has 0 saturated carbocycles. The van der Waals surface area contributed by atoms with Gasteiger partial charge in [0.2, 0.25) is 5.91 Å². The molecular weight excluding hydrogens is 376 g/mol. The van der Waals surface area contributed by atoms with Crippen molar-refractivity contribution in [3.63, 3.8) is 0 Å². The topological polar surface area (TPSA) is 78.7 Å². The van der Waals surface area contributed by atoms with Gasteiger partial charge in [-0.05, 0) is 42.4 Å². The predicted molar refractivity (Wildman–Crippen MR) is 113 cm³/mol. The highest BCUT2D eigenvalue weighted by atomic mass is 35.5. The van der Waals surface area contributed by atoms with Gasteiger partial charge in [0.25, 0.3) is 5.91 Å². The fraction of sp³-hybridized carbons (Fsp3) is 0.619. The first kappa shape index (κ1) is 22.7. The number of amides is 2. The van der Waals surface area contributed by atoms with E-state index in [-0.39, 0.29) is 35.7 Å². The Morgan fingerprint density at radius 1 is 1.14 bits per heavy atom. The van der Waals surface area contributed by atoms with Crippen LogP contribution < -0.4 is 11.1 Å². The lowest BCUT2D eigenvalue weighted by Gasteiger charge is -2.42. The Kier molecular flexibility index (Phi) is 7.87. The van der Waals surface area contributed by atoms with E-state index < -0.39 is 0 Å². The normalized spacial score (nSPS) is 21.8. The summed E-state index contributed by atoms with van der Waals surface area (Å²) in [6.45, 7) is 8.62. The summed E-state index contributed by atoms with van der Waals surface area (Å²) in [6.07, 6.45) is 3.11. The number of hydrogen-bond acceptors (Lipinski definition) is 4. The molecule has 28 heavy (non-hydrogen) atoms. The summed E-state index contributed by atoms with van der Waals surface area (Å²) in [5.74, 6) is 0.132. The number of piperidine rings is 1. The molecule has 2 aliphatic heterocycles. The van der Waals surface area contributed by atoms with Gasteiger partial charge in [-0.15, -0.1) is 12.4 Å². The first-order chi connectivity index (χ1) is 12.8. The summed E-state index contributed by atoms with van der Waals surface area (Å²) in [5.41, 5.74) is 7.92. The van der Waals surface area contributed by atoms with Gasteiger partial charge in [-0.1, -0.05) is 26.0 Å². The van der Waals surface area contributed by atoms with Crippen LogP contribution in [0.4, 0.5) is 0 Å². The van der Waals surface area contributed by atoms with Crippen LogP contribution in [0.3, 0.4) is 0 Å². The first-order valence-electron chi connectivity index (χ1n) is 9.98. The van der Waals surface area contributed by atoms with Crippen molar-refractivity contribution in [3.05, 3.63) is 35.4 Å². The van der Waals surface area contributed by atoms with E-state index in [1.807, 2.05) is 29.2 Å². The van der Waals surface area contributed by atoms with Gasteiger partial charge in [-0.25, -0.2) is 0 Å². The molecule has 0 bridgehead atoms. The van der Waals surface area contributed by atoms with Crippen LogP contribution in [0.5, 0.6) is 0 Å². The zero-order valence-electron chi connectivity index (χ0n) is 16.9. The van der Waals surface area contributed by atoms with Crippen LogP contribution >= 0.6 is 12.4 Å². The predicted octanol–water partition coefficient (Wildman–Crippen LogP) is 2.02. The van der Waals surface area contributed by atoms with E-state index in [2.05, 4.69) is 24.1 Å². The zero-order chi connectivity index (χ0) is 19.4. The largest absolute Gasteiger partial charge is 0.351 e. The van der Waals surface area contributed by atoms with E-state index in [1.165, 1.54) is 0 Å². The molecule has 2 saturated heterocycles. The number of likely N-dealkylation sites (tertiary alicyclic amines) is 2. The van der Waals surface area contributed by atoms with Crippen LogP contribution in [0.25, 0.3) is 0 Å². The maximum Gasteiger partial charge on any atom is 0.253 e. The third kappa shape index (κ3) is 5.69. The number of halogens is 1. The van der Waals surface area contributed by atoms with Gasteiger partial charge in [-0.3, -0.25) is 14.5 Å². The Morgan fingerprint density at radius 3 is 2.39 bits per heavy atom. The van der Waals surface area contributed by atoms with Crippen LogP contribution in [0, 0.1) is 5.41 Å². The molecule has 2 aliphatic rings. The van der Waals surface area contributed by atoms with Crippen molar-refractivity contribution in [2.24, 2.45) is 11.1 Å². The molecule has 1 unspecified atom stereocenters. The SMILES string of the molecule is CC1(C)CN(CC(=O)NCc2ccc(C(=O)N3CCCC3)cc2)CCC1N.Cl. The summed E-state index contributed by atoms with van der Waals surface area (Å²) in [5, 5.41) is 2.98. The fourth-order valence-electron chi connectivity index (χ4n) is 3.95. The number of rotatable bonds is 5. The Labute approximate surface area is 174 Å². The van der Waals surface area contributed by atoms with Crippen molar-refractivity contribution in [1.82, 2.24) is 15.1 Å². The van der Waals surface area contributed by atoms with Gasteiger partial charge in [-0.2, -0.15) is 0 Å². The Hall–Kier alpha value is -1.63. The van der Waals surface area contributed by atoms with Crippen LogP contribution in [-0.2, 0) is 11.3 Å². The van der Waals surface area contributed by atoms with E-state index in [9.17, 15) is 9.59 Å². The minimum atomic E-state index is 0. The Balaban J connectivity index is 0.00000280. The quantitative estimate of drug-likeness (QED) is 0.781. The summed E-state index contributed by atoms with van der Waals surface area (Å²) in [7, 11) is 0. The third-order valence-electron chi connectivity index (χ3n) is 5.84. The van der Waals surface area contributed by atoms with E-state index >= 15 is 0 Å². The maximum absolute atomic E-state index is 12.4. The standard InChI is InChI=1S/C21H32N4O2.ClH/c1-21(2)15-24(12-9-18(21)22)14-19(26)23-13-16-5-7-17(8-6-16)20(27)25-10-3-4-11-25;/h5-8,18H,3-4,9-15,22H2,1-2H3,(H,23,26);1H. The van der Waals surface area contributed by atoms with Crippen molar-refractivity contribution < 1.29 is 9.59 Å². The molecular formula is C21H33ClN4O2. The minimum Gasteiger partial charge on any atom is -0.351 e. The van der Waals surface area contributed by atoms with Crippen LogP contribution in [0.1, 0.15) is 49.0 Å². The highest BCUT2D eigenvalue weighted by molar-refractivity contribution is 5.94. The highest BCUT2D eigenvalue weighted by Crippen LogP contribution is 2.27. The summed E-state index contributed by atoms with van der Waals surface area (Å²) >= 11 is 0. The zero-order valence-corrected chi connectivity index (χ0v) is 17.8. The molecule has 3 rings (SSSR count). The van der Waals surface area contributed by atoms with Gasteiger partial charge < -0.3 is 16.0 Å². The number of nitrogens with one attached hydrogen (secondary N) is 1. The van der Waals surface area contributed by atoms with E-state index in [4.69, 9.17) is 5.73 Å². The molecule has 0 aromatic heterocycles. The number of benzene rings is 1. The molecule has 0 radical (unpaired) electrons. The molecule has 2 fully saturated rings. The monoisotopic (exact) mass is 408 g/mol. The van der Waals surface area contributed by atoms with Crippen molar-refractivity contribution in [2.45, 2.75) is 45.7 Å². The van der Waals surface area contributed by atoms with Gasteiger partial charge in [0.1, 0.15) is 0 Å². The second-order valence-electron chi connectivity index (χ2n) is 8.57. The van der Waals surface area contributed by atoms with Gasteiger partial charge in [0.05, 0.1) is 6.54 Å². The maximum atomic E-state index is 12.4. The molecule has 3 N–H and O–H groups in total. The highest BCUT2D eigenvalue weighted by Gasteiger charge is 2.33. The summed E-state index contributed by atoms with van der Waals surface area (Å²) in [6, 6.07) is 7.76. The molecule has 1 aromatic carbocycles. The molecule has 1 aromatic rings. The van der Waals surface area contributed by atoms with Crippen molar-refractivity contribution in [1.29, 1.82) is 0 Å². The number of nitrogens with zero attached hydrogens (tertiary/aromatic N) is 2. The summed E-state index contributed by atoms with van der Waals surface area (Å²) in [4.78, 5) is 28.7. The average molecular weight is 409 g/mol. The second kappa shape index (κ2) is 9.72. The van der Waals surface area contributed by atoms with Gasteiger partial charge in [0.15, 0.2) is 0 Å². The van der Waals surface area contributed by atoms with E-state index in [0.29, 0.717) is 13.1 Å². The van der Waals surface area contributed by atoms with Crippen molar-refractivity contribution >= 4 is 24.2 Å². The average Bonchev–Trinajstić information content (AvgIpc) is 3.17. The Morgan fingerprint density at radius 2 is 1.79 bits per heavy atom. The minimum absolute atomic E-state index is 0. The summed E-state index contributed by atoms with van der Waals surface area (Å²) < 4.78 is 0. The van der Waals surface area contributed by atoms with Crippen LogP contribution in [-0.4, -0.2) is 60.4 Å². The van der Waals surface area contributed by atoms with Gasteiger partial charge >= 0.3 is 0 Å². The van der Waals surface area contributed by atoms with Crippen molar-refractivity contribution in [2.75, 3.05) is 32.7 Å². The number of carbonyl (C=O) groups is 2. The Bertz CT molecular complexity index is 671.